The van der Waals surface area contributed by atoms with E-state index in [9.17, 15) is 5.11 Å². The molecule has 4 heteroatoms. The molecule has 0 aliphatic carbocycles. The third-order valence-corrected chi connectivity index (χ3v) is 4.15. The Balaban J connectivity index is 2.01. The molecule has 1 aromatic rings. The van der Waals surface area contributed by atoms with Crippen molar-refractivity contribution in [3.63, 3.8) is 0 Å². The largest absolute Gasteiger partial charge is 0.390 e. The van der Waals surface area contributed by atoms with Gasteiger partial charge in [0.15, 0.2) is 0 Å². The van der Waals surface area contributed by atoms with Gasteiger partial charge in [0.2, 0.25) is 0 Å². The Labute approximate surface area is 89.7 Å². The fourth-order valence-electron chi connectivity index (χ4n) is 1.53. The Bertz CT molecular complexity index is 287. The highest BCUT2D eigenvalue weighted by Gasteiger charge is 2.26. The van der Waals surface area contributed by atoms with Gasteiger partial charge >= 0.3 is 0 Å². The van der Waals surface area contributed by atoms with Crippen LogP contribution in [-0.4, -0.2) is 24.4 Å². The van der Waals surface area contributed by atoms with Gasteiger partial charge in [0.1, 0.15) is 0 Å². The predicted octanol–water partition coefficient (Wildman–Crippen LogP) is 2.06. The lowest BCUT2D eigenvalue weighted by Gasteiger charge is -2.10. The molecule has 2 atom stereocenters. The highest BCUT2D eigenvalue weighted by Crippen LogP contribution is 2.28. The van der Waals surface area contributed by atoms with Gasteiger partial charge in [-0.05, 0) is 39.4 Å². The lowest BCUT2D eigenvalue weighted by Crippen LogP contribution is -2.19. The molecule has 0 bridgehead atoms. The van der Waals surface area contributed by atoms with Gasteiger partial charge in [-0.15, -0.1) is 11.3 Å². The van der Waals surface area contributed by atoms with Gasteiger partial charge in [0.25, 0.3) is 0 Å². The minimum absolute atomic E-state index is 0.269. The number of aliphatic hydroxyl groups is 1. The van der Waals surface area contributed by atoms with E-state index in [1.54, 1.807) is 11.3 Å². The van der Waals surface area contributed by atoms with Gasteiger partial charge in [0.05, 0.1) is 23.1 Å². The molecule has 0 amide bonds. The zero-order valence-electron chi connectivity index (χ0n) is 7.07. The molecular weight excluding hydrogens is 252 g/mol. The second-order valence-corrected chi connectivity index (χ2v) is 5.52. The first kappa shape index (κ1) is 9.65. The van der Waals surface area contributed by atoms with Crippen LogP contribution >= 0.6 is 27.3 Å². The second-order valence-electron chi connectivity index (χ2n) is 3.29. The van der Waals surface area contributed by atoms with Crippen molar-refractivity contribution in [3.05, 3.63) is 20.8 Å². The molecule has 2 unspecified atom stereocenters. The van der Waals surface area contributed by atoms with E-state index in [0.29, 0.717) is 13.2 Å². The van der Waals surface area contributed by atoms with E-state index in [1.807, 2.05) is 0 Å². The average Bonchev–Trinajstić information content (AvgIpc) is 2.65. The summed E-state index contributed by atoms with van der Waals surface area (Å²) in [6.07, 6.45) is 0.623. The third kappa shape index (κ3) is 2.13. The smallest absolute Gasteiger partial charge is 0.0826 e. The number of halogens is 1. The molecule has 1 N–H and O–H groups in total. The molecule has 13 heavy (non-hydrogen) atoms. The zero-order valence-corrected chi connectivity index (χ0v) is 9.47. The first-order valence-corrected chi connectivity index (χ1v) is 5.92. The molecule has 0 aromatic carbocycles. The Hall–Kier alpha value is 0.100. The molecular formula is C9H11BrO2S. The third-order valence-electron chi connectivity index (χ3n) is 2.34. The summed E-state index contributed by atoms with van der Waals surface area (Å²) in [6, 6.07) is 2.10. The number of rotatable bonds is 2. The Morgan fingerprint density at radius 2 is 2.46 bits per heavy atom. The van der Waals surface area contributed by atoms with Crippen molar-refractivity contribution < 1.29 is 9.84 Å². The Morgan fingerprint density at radius 1 is 1.62 bits per heavy atom. The molecule has 72 valence electrons. The Kier molecular flexibility index (Phi) is 3.03. The van der Waals surface area contributed by atoms with E-state index in [1.165, 1.54) is 9.35 Å². The van der Waals surface area contributed by atoms with Crippen molar-refractivity contribution in [1.29, 1.82) is 0 Å². The maximum atomic E-state index is 9.54. The molecule has 0 spiro atoms. The number of hydrogen-bond acceptors (Lipinski definition) is 3. The summed E-state index contributed by atoms with van der Waals surface area (Å²) in [5.41, 5.74) is 1.28. The highest BCUT2D eigenvalue weighted by molar-refractivity contribution is 9.11. The summed E-state index contributed by atoms with van der Waals surface area (Å²) in [6.45, 7) is 1.18. The first-order valence-electron chi connectivity index (χ1n) is 4.25. The van der Waals surface area contributed by atoms with E-state index < -0.39 is 0 Å². The molecule has 1 aliphatic rings. The minimum Gasteiger partial charge on any atom is -0.390 e. The molecule has 2 rings (SSSR count). The van der Waals surface area contributed by atoms with Crippen molar-refractivity contribution in [2.75, 3.05) is 13.2 Å². The number of ether oxygens (including phenoxy) is 1. The van der Waals surface area contributed by atoms with Crippen molar-refractivity contribution in [1.82, 2.24) is 0 Å². The quantitative estimate of drug-likeness (QED) is 0.885. The standard InChI is InChI=1S/C9H11BrO2S/c10-9-6(1-2-13-9)3-7-4-12-5-8(7)11/h1-2,7-8,11H,3-5H2. The first-order chi connectivity index (χ1) is 6.27. The molecule has 1 aliphatic heterocycles. The van der Waals surface area contributed by atoms with Crippen molar-refractivity contribution in [2.45, 2.75) is 12.5 Å². The fraction of sp³-hybridized carbons (Fsp3) is 0.556. The van der Waals surface area contributed by atoms with Gasteiger partial charge in [-0.25, -0.2) is 0 Å². The Morgan fingerprint density at radius 3 is 3.00 bits per heavy atom. The van der Waals surface area contributed by atoms with Crippen molar-refractivity contribution >= 4 is 27.3 Å². The van der Waals surface area contributed by atoms with Gasteiger partial charge in [0, 0.05) is 5.92 Å². The average molecular weight is 263 g/mol. The zero-order chi connectivity index (χ0) is 9.26. The number of thiophene rings is 1. The summed E-state index contributed by atoms with van der Waals surface area (Å²) < 4.78 is 6.37. The summed E-state index contributed by atoms with van der Waals surface area (Å²) in [4.78, 5) is 0. The van der Waals surface area contributed by atoms with Crippen molar-refractivity contribution in [3.8, 4) is 0 Å². The van der Waals surface area contributed by atoms with Crippen LogP contribution in [0.15, 0.2) is 15.2 Å². The van der Waals surface area contributed by atoms with E-state index in [4.69, 9.17) is 4.74 Å². The van der Waals surface area contributed by atoms with Crippen LogP contribution in [0, 0.1) is 5.92 Å². The maximum absolute atomic E-state index is 9.54. The molecule has 1 fully saturated rings. The molecule has 2 heterocycles. The predicted molar refractivity (Wildman–Crippen MR) is 56.0 cm³/mol. The van der Waals surface area contributed by atoms with Gasteiger partial charge in [-0.3, -0.25) is 0 Å². The summed E-state index contributed by atoms with van der Waals surface area (Å²) in [7, 11) is 0. The van der Waals surface area contributed by atoms with E-state index in [0.717, 1.165) is 6.42 Å². The lowest BCUT2D eigenvalue weighted by molar-refractivity contribution is 0.118. The molecule has 0 radical (unpaired) electrons. The van der Waals surface area contributed by atoms with Gasteiger partial charge < -0.3 is 9.84 Å². The van der Waals surface area contributed by atoms with Crippen LogP contribution in [0.25, 0.3) is 0 Å². The summed E-state index contributed by atoms with van der Waals surface area (Å²) in [5.74, 6) is 0.269. The highest BCUT2D eigenvalue weighted by atomic mass is 79.9. The monoisotopic (exact) mass is 262 g/mol. The van der Waals surface area contributed by atoms with Crippen LogP contribution in [0.4, 0.5) is 0 Å². The van der Waals surface area contributed by atoms with Gasteiger partial charge in [-0.2, -0.15) is 0 Å². The molecule has 1 aromatic heterocycles. The molecule has 0 saturated carbocycles. The lowest BCUT2D eigenvalue weighted by atomic mass is 9.99. The van der Waals surface area contributed by atoms with Crippen molar-refractivity contribution in [2.24, 2.45) is 5.92 Å². The minimum atomic E-state index is -0.285. The molecule has 2 nitrogen and oxygen atoms in total. The van der Waals surface area contributed by atoms with Crippen LogP contribution in [0.2, 0.25) is 0 Å². The normalized spacial score (nSPS) is 28.2. The molecule has 1 saturated heterocycles. The van der Waals surface area contributed by atoms with Crippen LogP contribution in [0.1, 0.15) is 5.56 Å². The van der Waals surface area contributed by atoms with Crippen LogP contribution in [-0.2, 0) is 11.2 Å². The van der Waals surface area contributed by atoms with Gasteiger partial charge in [-0.1, -0.05) is 0 Å². The van der Waals surface area contributed by atoms with E-state index in [-0.39, 0.29) is 12.0 Å². The second kappa shape index (κ2) is 4.09. The van der Waals surface area contributed by atoms with E-state index >= 15 is 0 Å². The topological polar surface area (TPSA) is 29.5 Å². The van der Waals surface area contributed by atoms with Crippen LogP contribution < -0.4 is 0 Å². The van der Waals surface area contributed by atoms with Crippen LogP contribution in [0.3, 0.4) is 0 Å². The fourth-order valence-corrected chi connectivity index (χ4v) is 2.80. The summed E-state index contributed by atoms with van der Waals surface area (Å²) >= 11 is 5.17. The van der Waals surface area contributed by atoms with Crippen LogP contribution in [0.5, 0.6) is 0 Å². The number of aliphatic hydroxyl groups excluding tert-OH is 1. The summed E-state index contributed by atoms with van der Waals surface area (Å²) in [5, 5.41) is 11.6. The van der Waals surface area contributed by atoms with E-state index in [2.05, 4.69) is 27.4 Å². The maximum Gasteiger partial charge on any atom is 0.0826 e. The number of hydrogen-bond donors (Lipinski definition) is 1. The SMILES string of the molecule is OC1COCC1Cc1ccsc1Br.